The van der Waals surface area contributed by atoms with E-state index in [0.717, 1.165) is 43.0 Å². The first kappa shape index (κ1) is 25.0. The van der Waals surface area contributed by atoms with Crippen molar-refractivity contribution in [3.63, 3.8) is 0 Å². The molecule has 2 N–H and O–H groups in total. The highest BCUT2D eigenvalue weighted by Gasteiger charge is 2.43. The molecule has 2 fully saturated rings. The van der Waals surface area contributed by atoms with E-state index in [4.69, 9.17) is 9.47 Å². The van der Waals surface area contributed by atoms with Crippen LogP contribution in [0.4, 0.5) is 4.79 Å². The van der Waals surface area contributed by atoms with Crippen molar-refractivity contribution in [3.05, 3.63) is 60.2 Å². The Bertz CT molecular complexity index is 1010. The summed E-state index contributed by atoms with van der Waals surface area (Å²) in [7, 11) is 0. The van der Waals surface area contributed by atoms with Gasteiger partial charge in [0.1, 0.15) is 29.2 Å². The molecule has 2 aliphatic rings. The highest BCUT2D eigenvalue weighted by molar-refractivity contribution is 6.06. The van der Waals surface area contributed by atoms with E-state index in [1.807, 2.05) is 54.6 Å². The first-order valence-corrected chi connectivity index (χ1v) is 12.2. The molecule has 1 atom stereocenters. The van der Waals surface area contributed by atoms with Gasteiger partial charge in [0.25, 0.3) is 5.91 Å². The van der Waals surface area contributed by atoms with Crippen LogP contribution in [-0.2, 0) is 11.3 Å². The second-order valence-corrected chi connectivity index (χ2v) is 10.00. The van der Waals surface area contributed by atoms with Gasteiger partial charge in [-0.05, 0) is 69.5 Å². The lowest BCUT2D eigenvalue weighted by molar-refractivity contribution is -0.130. The minimum Gasteiger partial charge on any atom is -0.494 e. The molecule has 8 nitrogen and oxygen atoms in total. The third-order valence-corrected chi connectivity index (χ3v) is 6.45. The fourth-order valence-corrected chi connectivity index (χ4v) is 4.58. The summed E-state index contributed by atoms with van der Waals surface area (Å²) in [6, 6.07) is 17.2. The van der Waals surface area contributed by atoms with Gasteiger partial charge in [-0.15, -0.1) is 0 Å². The van der Waals surface area contributed by atoms with Crippen LogP contribution in [0.1, 0.15) is 38.7 Å². The number of benzene rings is 2. The molecule has 0 spiro atoms. The number of β-amino-alcohol motifs (C(OH)–C–C–N with tert-alkyl or cyclic N) is 1. The van der Waals surface area contributed by atoms with E-state index < -0.39 is 11.1 Å². The average Bonchev–Trinajstić information content (AvgIpc) is 3.03. The molecule has 2 aromatic carbocycles. The van der Waals surface area contributed by atoms with Crippen LogP contribution in [0.2, 0.25) is 0 Å². The van der Waals surface area contributed by atoms with Crippen LogP contribution < -0.4 is 14.8 Å². The fourth-order valence-electron chi connectivity index (χ4n) is 4.58. The van der Waals surface area contributed by atoms with Crippen LogP contribution in [0.3, 0.4) is 0 Å². The van der Waals surface area contributed by atoms with Crippen molar-refractivity contribution in [3.8, 4) is 11.5 Å². The number of aliphatic hydroxyl groups is 1. The molecular weight excluding hydrogens is 446 g/mol. The third kappa shape index (κ3) is 6.52. The zero-order valence-corrected chi connectivity index (χ0v) is 20.5. The Hall–Kier alpha value is -3.10. The summed E-state index contributed by atoms with van der Waals surface area (Å²) >= 11 is 0. The van der Waals surface area contributed by atoms with E-state index in [9.17, 15) is 14.7 Å². The van der Waals surface area contributed by atoms with E-state index in [2.05, 4.69) is 10.2 Å². The van der Waals surface area contributed by atoms with Crippen molar-refractivity contribution < 1.29 is 24.2 Å². The number of para-hydroxylation sites is 1. The molecule has 0 saturated carbocycles. The second kappa shape index (κ2) is 10.7. The van der Waals surface area contributed by atoms with Crippen LogP contribution in [0, 0.1) is 0 Å². The molecule has 2 heterocycles. The lowest BCUT2D eigenvalue weighted by Gasteiger charge is -2.39. The van der Waals surface area contributed by atoms with Gasteiger partial charge in [0.05, 0.1) is 6.61 Å². The van der Waals surface area contributed by atoms with Gasteiger partial charge in [-0.3, -0.25) is 14.6 Å². The first-order valence-electron chi connectivity index (χ1n) is 12.2. The molecular formula is C27H35N3O5. The second-order valence-electron chi connectivity index (χ2n) is 10.00. The number of nitrogens with zero attached hydrogens (tertiary/aromatic N) is 2. The smallest absolute Gasteiger partial charge is 0.325 e. The number of nitrogens with one attached hydrogen (secondary N) is 1. The molecule has 1 unspecified atom stereocenters. The van der Waals surface area contributed by atoms with Crippen LogP contribution in [0.15, 0.2) is 54.6 Å². The van der Waals surface area contributed by atoms with Gasteiger partial charge in [0.15, 0.2) is 0 Å². The molecule has 0 radical (unpaired) electrons. The van der Waals surface area contributed by atoms with Crippen LogP contribution in [0.25, 0.3) is 0 Å². The molecule has 2 aliphatic heterocycles. The standard InChI is InChI=1S/C27H35N3O5/c1-26(2)24(31)30(25(32)28-26)16-7-17-34-23-12-10-21(11-13-23)18-29-15-6-14-27(33,19-29)20-35-22-8-4-3-5-9-22/h3-5,8-13,33H,6-7,14-20H2,1-2H3,(H,28,32). The van der Waals surface area contributed by atoms with Gasteiger partial charge in [-0.2, -0.15) is 0 Å². The Balaban J connectivity index is 1.20. The topological polar surface area (TPSA) is 91.3 Å². The number of rotatable bonds is 10. The van der Waals surface area contributed by atoms with E-state index in [1.54, 1.807) is 13.8 Å². The molecule has 0 aliphatic carbocycles. The minimum atomic E-state index is -0.861. The third-order valence-electron chi connectivity index (χ3n) is 6.45. The first-order chi connectivity index (χ1) is 16.7. The number of urea groups is 1. The fraction of sp³-hybridized carbons (Fsp3) is 0.481. The molecule has 188 valence electrons. The number of hydrogen-bond acceptors (Lipinski definition) is 6. The maximum absolute atomic E-state index is 12.2. The summed E-state index contributed by atoms with van der Waals surface area (Å²) in [5.41, 5.74) is -0.556. The number of imide groups is 1. The molecule has 2 saturated heterocycles. The highest BCUT2D eigenvalue weighted by Crippen LogP contribution is 2.25. The Morgan fingerprint density at radius 3 is 2.40 bits per heavy atom. The molecule has 0 aromatic heterocycles. The van der Waals surface area contributed by atoms with E-state index in [-0.39, 0.29) is 18.5 Å². The number of carbonyl (C=O) groups excluding carboxylic acids is 2. The Morgan fingerprint density at radius 2 is 1.71 bits per heavy atom. The maximum Gasteiger partial charge on any atom is 0.325 e. The monoisotopic (exact) mass is 481 g/mol. The molecule has 35 heavy (non-hydrogen) atoms. The van der Waals surface area contributed by atoms with Gasteiger partial charge < -0.3 is 19.9 Å². The van der Waals surface area contributed by atoms with Gasteiger partial charge >= 0.3 is 6.03 Å². The van der Waals surface area contributed by atoms with Crippen molar-refractivity contribution in [2.24, 2.45) is 0 Å². The maximum atomic E-state index is 12.2. The van der Waals surface area contributed by atoms with Crippen LogP contribution >= 0.6 is 0 Å². The van der Waals surface area contributed by atoms with E-state index >= 15 is 0 Å². The highest BCUT2D eigenvalue weighted by atomic mass is 16.5. The van der Waals surface area contributed by atoms with Gasteiger partial charge in [-0.25, -0.2) is 4.79 Å². The molecule has 8 heteroatoms. The lowest BCUT2D eigenvalue weighted by Crippen LogP contribution is -2.51. The minimum absolute atomic E-state index is 0.205. The molecule has 2 aromatic rings. The molecule has 4 rings (SSSR count). The van der Waals surface area contributed by atoms with Crippen molar-refractivity contribution >= 4 is 11.9 Å². The number of hydrogen-bond donors (Lipinski definition) is 2. The SMILES string of the molecule is CC1(C)NC(=O)N(CCCOc2ccc(CN3CCCC(O)(COc4ccccc4)C3)cc2)C1=O. The predicted molar refractivity (Wildman–Crippen MR) is 132 cm³/mol. The summed E-state index contributed by atoms with van der Waals surface area (Å²) in [5, 5.41) is 13.7. The number of likely N-dealkylation sites (tertiary alicyclic amines) is 1. The quantitative estimate of drug-likeness (QED) is 0.400. The molecule has 0 bridgehead atoms. The van der Waals surface area contributed by atoms with E-state index in [0.29, 0.717) is 26.1 Å². The Labute approximate surface area is 206 Å². The Kier molecular flexibility index (Phi) is 7.62. The number of piperidine rings is 1. The van der Waals surface area contributed by atoms with Crippen molar-refractivity contribution in [1.29, 1.82) is 0 Å². The van der Waals surface area contributed by atoms with Crippen molar-refractivity contribution in [1.82, 2.24) is 15.1 Å². The van der Waals surface area contributed by atoms with Gasteiger partial charge in [-0.1, -0.05) is 30.3 Å². The number of amides is 3. The molecule has 3 amide bonds. The zero-order valence-electron chi connectivity index (χ0n) is 20.5. The Morgan fingerprint density at radius 1 is 1.00 bits per heavy atom. The summed E-state index contributed by atoms with van der Waals surface area (Å²) in [6.45, 7) is 6.68. The normalized spacial score (nSPS) is 22.2. The average molecular weight is 482 g/mol. The van der Waals surface area contributed by atoms with Crippen LogP contribution in [0.5, 0.6) is 11.5 Å². The summed E-state index contributed by atoms with van der Waals surface area (Å²) < 4.78 is 11.6. The van der Waals surface area contributed by atoms with Crippen molar-refractivity contribution in [2.75, 3.05) is 32.8 Å². The van der Waals surface area contributed by atoms with Gasteiger partial charge in [0, 0.05) is 19.6 Å². The summed E-state index contributed by atoms with van der Waals surface area (Å²) in [6.07, 6.45) is 2.21. The number of ether oxygens (including phenoxy) is 2. The number of carbonyl (C=O) groups is 2. The van der Waals surface area contributed by atoms with E-state index in [1.165, 1.54) is 4.90 Å². The largest absolute Gasteiger partial charge is 0.494 e. The van der Waals surface area contributed by atoms with Crippen LogP contribution in [-0.4, -0.2) is 70.8 Å². The summed E-state index contributed by atoms with van der Waals surface area (Å²) in [4.78, 5) is 27.7. The van der Waals surface area contributed by atoms with Gasteiger partial charge in [0.2, 0.25) is 0 Å². The lowest BCUT2D eigenvalue weighted by atomic mass is 9.93. The summed E-state index contributed by atoms with van der Waals surface area (Å²) in [5.74, 6) is 1.31. The zero-order chi connectivity index (χ0) is 24.9. The van der Waals surface area contributed by atoms with Crippen molar-refractivity contribution in [2.45, 2.75) is 50.8 Å². The predicted octanol–water partition coefficient (Wildman–Crippen LogP) is 3.19.